The molecule has 0 aromatic carbocycles. The Bertz CT molecular complexity index is 396. The lowest BCUT2D eigenvalue weighted by Crippen LogP contribution is -2.25. The first kappa shape index (κ1) is 13.6. The number of hydrogen-bond donors (Lipinski definition) is 1. The van der Waals surface area contributed by atoms with Crippen LogP contribution < -0.4 is 5.32 Å². The summed E-state index contributed by atoms with van der Waals surface area (Å²) in [4.78, 5) is 19.9. The zero-order valence-corrected chi connectivity index (χ0v) is 12.5. The van der Waals surface area contributed by atoms with Gasteiger partial charge in [0.25, 0.3) is 0 Å². The number of halogens is 2. The fourth-order valence-electron chi connectivity index (χ4n) is 0.964. The van der Waals surface area contributed by atoms with Crippen LogP contribution in [0.4, 0.5) is 5.82 Å². The molecule has 0 saturated carbocycles. The van der Waals surface area contributed by atoms with E-state index in [4.69, 9.17) is 0 Å². The van der Waals surface area contributed by atoms with Crippen LogP contribution in [0.3, 0.4) is 0 Å². The van der Waals surface area contributed by atoms with Crippen molar-refractivity contribution < 1.29 is 4.79 Å². The molecule has 0 aliphatic carbocycles. The van der Waals surface area contributed by atoms with E-state index in [1.54, 1.807) is 6.20 Å². The van der Waals surface area contributed by atoms with Crippen molar-refractivity contribution in [2.45, 2.75) is 20.8 Å². The highest BCUT2D eigenvalue weighted by atomic mass is 79.9. The van der Waals surface area contributed by atoms with Crippen LogP contribution in [0.1, 0.15) is 20.8 Å². The Labute approximate surface area is 112 Å². The fourth-order valence-corrected chi connectivity index (χ4v) is 1.87. The Morgan fingerprint density at radius 3 is 2.50 bits per heavy atom. The fraction of sp³-hybridized carbons (Fsp3) is 0.500. The van der Waals surface area contributed by atoms with Crippen LogP contribution in [0.5, 0.6) is 0 Å². The standard InChI is InChI=1S/C10H13Br2N3O/c1-5(2)6(3)10(16)15-9-8(12)14-7(11)4-13-9/h4-6H,1-3H3,(H,13,15,16). The first-order chi connectivity index (χ1) is 7.41. The van der Waals surface area contributed by atoms with Gasteiger partial charge in [0.05, 0.1) is 6.20 Å². The number of carbonyl (C=O) groups excluding carboxylic acids is 1. The van der Waals surface area contributed by atoms with E-state index in [-0.39, 0.29) is 11.8 Å². The molecule has 0 fully saturated rings. The molecular formula is C10H13Br2N3O. The first-order valence-electron chi connectivity index (χ1n) is 4.90. The van der Waals surface area contributed by atoms with Gasteiger partial charge in [0.15, 0.2) is 5.82 Å². The molecule has 0 aliphatic heterocycles. The summed E-state index contributed by atoms with van der Waals surface area (Å²) < 4.78 is 1.14. The van der Waals surface area contributed by atoms with E-state index < -0.39 is 0 Å². The van der Waals surface area contributed by atoms with Crippen LogP contribution in [0.15, 0.2) is 15.4 Å². The zero-order chi connectivity index (χ0) is 12.3. The Hall–Kier alpha value is -0.490. The van der Waals surface area contributed by atoms with E-state index in [9.17, 15) is 4.79 Å². The van der Waals surface area contributed by atoms with Crippen molar-refractivity contribution in [1.29, 1.82) is 0 Å². The smallest absolute Gasteiger partial charge is 0.228 e. The first-order valence-corrected chi connectivity index (χ1v) is 6.49. The summed E-state index contributed by atoms with van der Waals surface area (Å²) >= 11 is 6.44. The van der Waals surface area contributed by atoms with Crippen molar-refractivity contribution in [3.05, 3.63) is 15.4 Å². The van der Waals surface area contributed by atoms with Gasteiger partial charge in [0.2, 0.25) is 5.91 Å². The summed E-state index contributed by atoms with van der Waals surface area (Å²) in [6.45, 7) is 5.90. The molecule has 1 aromatic rings. The van der Waals surface area contributed by atoms with Gasteiger partial charge in [-0.1, -0.05) is 20.8 Å². The summed E-state index contributed by atoms with van der Waals surface area (Å²) in [6, 6.07) is 0. The Morgan fingerprint density at radius 1 is 1.38 bits per heavy atom. The van der Waals surface area contributed by atoms with Gasteiger partial charge in [-0.3, -0.25) is 4.79 Å². The largest absolute Gasteiger partial charge is 0.308 e. The molecule has 0 radical (unpaired) electrons. The third-order valence-electron chi connectivity index (χ3n) is 2.36. The molecule has 1 N–H and O–H groups in total. The molecule has 0 saturated heterocycles. The maximum absolute atomic E-state index is 11.8. The van der Waals surface area contributed by atoms with Gasteiger partial charge in [-0.2, -0.15) is 0 Å². The van der Waals surface area contributed by atoms with E-state index in [0.29, 0.717) is 20.9 Å². The number of hydrogen-bond acceptors (Lipinski definition) is 3. The topological polar surface area (TPSA) is 54.9 Å². The van der Waals surface area contributed by atoms with Crippen molar-refractivity contribution in [1.82, 2.24) is 9.97 Å². The zero-order valence-electron chi connectivity index (χ0n) is 9.29. The summed E-state index contributed by atoms with van der Waals surface area (Å²) in [5.74, 6) is 0.632. The van der Waals surface area contributed by atoms with E-state index in [2.05, 4.69) is 47.1 Å². The second kappa shape index (κ2) is 5.72. The molecule has 1 aromatic heterocycles. The van der Waals surface area contributed by atoms with E-state index in [1.807, 2.05) is 20.8 Å². The monoisotopic (exact) mass is 349 g/mol. The number of nitrogens with zero attached hydrogens (tertiary/aromatic N) is 2. The molecule has 1 rings (SSSR count). The molecular weight excluding hydrogens is 338 g/mol. The highest BCUT2D eigenvalue weighted by Gasteiger charge is 2.18. The van der Waals surface area contributed by atoms with E-state index in [0.717, 1.165) is 0 Å². The van der Waals surface area contributed by atoms with E-state index >= 15 is 0 Å². The van der Waals surface area contributed by atoms with Gasteiger partial charge in [0.1, 0.15) is 9.21 Å². The van der Waals surface area contributed by atoms with Gasteiger partial charge in [0, 0.05) is 5.92 Å². The van der Waals surface area contributed by atoms with Crippen molar-refractivity contribution in [2.24, 2.45) is 11.8 Å². The summed E-state index contributed by atoms with van der Waals surface area (Å²) in [5, 5.41) is 2.74. The van der Waals surface area contributed by atoms with Gasteiger partial charge in [-0.15, -0.1) is 0 Å². The molecule has 0 bridgehead atoms. The molecule has 1 amide bonds. The minimum absolute atomic E-state index is 0.0488. The number of anilines is 1. The summed E-state index contributed by atoms with van der Waals surface area (Å²) in [6.07, 6.45) is 1.54. The van der Waals surface area contributed by atoms with E-state index in [1.165, 1.54) is 0 Å². The van der Waals surface area contributed by atoms with Crippen LogP contribution in [-0.4, -0.2) is 15.9 Å². The predicted octanol–water partition coefficient (Wildman–Crippen LogP) is 3.23. The second-order valence-corrected chi connectivity index (χ2v) is 5.42. The average molecular weight is 351 g/mol. The van der Waals surface area contributed by atoms with Crippen molar-refractivity contribution in [3.8, 4) is 0 Å². The highest BCUT2D eigenvalue weighted by molar-refractivity contribution is 9.11. The van der Waals surface area contributed by atoms with Gasteiger partial charge in [-0.05, 0) is 37.8 Å². The minimum atomic E-state index is -0.0580. The Balaban J connectivity index is 2.77. The lowest BCUT2D eigenvalue weighted by atomic mass is 9.97. The van der Waals surface area contributed by atoms with Crippen molar-refractivity contribution in [2.75, 3.05) is 5.32 Å². The molecule has 1 atom stereocenters. The number of carbonyl (C=O) groups is 1. The van der Waals surface area contributed by atoms with Crippen LogP contribution in [0, 0.1) is 11.8 Å². The van der Waals surface area contributed by atoms with Crippen molar-refractivity contribution in [3.63, 3.8) is 0 Å². The second-order valence-electron chi connectivity index (χ2n) is 3.85. The maximum Gasteiger partial charge on any atom is 0.228 e. The molecule has 1 unspecified atom stereocenters. The maximum atomic E-state index is 11.8. The lowest BCUT2D eigenvalue weighted by molar-refractivity contribution is -0.120. The molecule has 6 heteroatoms. The van der Waals surface area contributed by atoms with Crippen molar-refractivity contribution >= 4 is 43.6 Å². The molecule has 0 aliphatic rings. The van der Waals surface area contributed by atoms with Gasteiger partial charge < -0.3 is 5.32 Å². The quantitative estimate of drug-likeness (QED) is 0.910. The van der Waals surface area contributed by atoms with Crippen LogP contribution >= 0.6 is 31.9 Å². The average Bonchev–Trinajstić information content (AvgIpc) is 2.20. The minimum Gasteiger partial charge on any atom is -0.308 e. The number of nitrogens with one attached hydrogen (secondary N) is 1. The Kier molecular flexibility index (Phi) is 4.86. The Morgan fingerprint density at radius 2 is 2.00 bits per heavy atom. The SMILES string of the molecule is CC(C)C(C)C(=O)Nc1ncc(Br)nc1Br. The molecule has 88 valence electrons. The van der Waals surface area contributed by atoms with Crippen LogP contribution in [0.2, 0.25) is 0 Å². The number of rotatable bonds is 3. The van der Waals surface area contributed by atoms with Gasteiger partial charge in [-0.25, -0.2) is 9.97 Å². The normalized spacial score (nSPS) is 12.6. The van der Waals surface area contributed by atoms with Crippen LogP contribution in [-0.2, 0) is 4.79 Å². The number of aromatic nitrogens is 2. The molecule has 1 heterocycles. The summed E-state index contributed by atoms with van der Waals surface area (Å²) in [5.41, 5.74) is 0. The lowest BCUT2D eigenvalue weighted by Gasteiger charge is -2.15. The third-order valence-corrected chi connectivity index (χ3v) is 3.29. The number of amides is 1. The highest BCUT2D eigenvalue weighted by Crippen LogP contribution is 2.21. The summed E-state index contributed by atoms with van der Waals surface area (Å²) in [7, 11) is 0. The molecule has 16 heavy (non-hydrogen) atoms. The molecule has 4 nitrogen and oxygen atoms in total. The van der Waals surface area contributed by atoms with Gasteiger partial charge >= 0.3 is 0 Å². The molecule has 0 spiro atoms. The predicted molar refractivity (Wildman–Crippen MR) is 70.1 cm³/mol. The third kappa shape index (κ3) is 3.52. The van der Waals surface area contributed by atoms with Crippen LogP contribution in [0.25, 0.3) is 0 Å².